The van der Waals surface area contributed by atoms with Gasteiger partial charge in [-0.05, 0) is 43.9 Å². The fourth-order valence-corrected chi connectivity index (χ4v) is 3.44. The number of rotatable bonds is 1. The molecule has 0 aromatic carbocycles. The summed E-state index contributed by atoms with van der Waals surface area (Å²) in [6.07, 6.45) is 0.812. The molecule has 4 atom stereocenters. The van der Waals surface area contributed by atoms with Crippen LogP contribution < -0.4 is 0 Å². The molecule has 0 amide bonds. The molecule has 4 unspecified atom stereocenters. The second-order valence-electron chi connectivity index (χ2n) is 5.61. The first kappa shape index (κ1) is 12.2. The lowest BCUT2D eigenvalue weighted by molar-refractivity contribution is -0.276. The summed E-state index contributed by atoms with van der Waals surface area (Å²) in [5.41, 5.74) is -2.50. The van der Waals surface area contributed by atoms with E-state index in [-0.39, 0.29) is 0 Å². The van der Waals surface area contributed by atoms with Crippen LogP contribution >= 0.6 is 0 Å². The molecule has 94 valence electrons. The average molecular weight is 236 g/mol. The van der Waals surface area contributed by atoms with E-state index in [0.29, 0.717) is 24.7 Å². The van der Waals surface area contributed by atoms with Gasteiger partial charge in [-0.15, -0.1) is 0 Å². The molecule has 0 radical (unpaired) electrons. The largest absolute Gasteiger partial charge is 0.417 e. The summed E-state index contributed by atoms with van der Waals surface area (Å²) in [5, 5.41) is 9.67. The summed E-state index contributed by atoms with van der Waals surface area (Å²) in [6.45, 7) is 0.937. The monoisotopic (exact) mass is 236 g/mol. The van der Waals surface area contributed by atoms with Crippen LogP contribution in [0.4, 0.5) is 13.2 Å². The molecule has 0 heterocycles. The van der Waals surface area contributed by atoms with Gasteiger partial charge >= 0.3 is 6.18 Å². The maximum atomic E-state index is 12.7. The number of halogens is 3. The molecule has 0 aromatic rings. The van der Waals surface area contributed by atoms with Crippen molar-refractivity contribution >= 4 is 0 Å². The first-order valence-electron chi connectivity index (χ1n) is 6.11. The van der Waals surface area contributed by atoms with Crippen LogP contribution in [0.3, 0.4) is 0 Å². The molecule has 2 aliphatic carbocycles. The quantitative estimate of drug-likeness (QED) is 0.738. The molecule has 2 fully saturated rings. The SMILES string of the molecule is CC(O)(C1CCC2CCCC2C1)C(F)(F)F. The summed E-state index contributed by atoms with van der Waals surface area (Å²) >= 11 is 0. The van der Waals surface area contributed by atoms with Crippen LogP contribution in [0.2, 0.25) is 0 Å². The predicted octanol–water partition coefficient (Wildman–Crippen LogP) is 3.52. The molecule has 0 saturated heterocycles. The Kier molecular flexibility index (Phi) is 2.97. The first-order chi connectivity index (χ1) is 7.32. The molecular formula is C12H19F3O. The Labute approximate surface area is 94.0 Å². The number of hydrogen-bond acceptors (Lipinski definition) is 1. The first-order valence-corrected chi connectivity index (χ1v) is 6.11. The molecule has 2 rings (SSSR count). The Hall–Kier alpha value is -0.250. The van der Waals surface area contributed by atoms with Gasteiger partial charge in [0.2, 0.25) is 0 Å². The molecule has 0 aliphatic heterocycles. The van der Waals surface area contributed by atoms with E-state index in [1.54, 1.807) is 0 Å². The van der Waals surface area contributed by atoms with Gasteiger partial charge in [-0.25, -0.2) is 0 Å². The Balaban J connectivity index is 2.06. The molecule has 1 nitrogen and oxygen atoms in total. The maximum Gasteiger partial charge on any atom is 0.417 e. The van der Waals surface area contributed by atoms with Crippen molar-refractivity contribution in [3.05, 3.63) is 0 Å². The average Bonchev–Trinajstić information content (AvgIpc) is 2.61. The van der Waals surface area contributed by atoms with Crippen molar-refractivity contribution < 1.29 is 18.3 Å². The summed E-state index contributed by atoms with van der Waals surface area (Å²) < 4.78 is 38.1. The van der Waals surface area contributed by atoms with E-state index in [0.717, 1.165) is 26.2 Å². The molecule has 0 bridgehead atoms. The molecule has 0 spiro atoms. The van der Waals surface area contributed by atoms with E-state index >= 15 is 0 Å². The molecular weight excluding hydrogens is 217 g/mol. The normalized spacial score (nSPS) is 39.2. The van der Waals surface area contributed by atoms with Crippen LogP contribution in [0.15, 0.2) is 0 Å². The third-order valence-electron chi connectivity index (χ3n) is 4.66. The van der Waals surface area contributed by atoms with Gasteiger partial charge in [0.15, 0.2) is 5.60 Å². The van der Waals surface area contributed by atoms with Crippen LogP contribution in [-0.4, -0.2) is 16.9 Å². The molecule has 0 aromatic heterocycles. The lowest BCUT2D eigenvalue weighted by Crippen LogP contribution is -2.50. The zero-order valence-electron chi connectivity index (χ0n) is 9.56. The summed E-state index contributed by atoms with van der Waals surface area (Å²) in [4.78, 5) is 0. The van der Waals surface area contributed by atoms with E-state index in [1.807, 2.05) is 0 Å². The molecule has 1 N–H and O–H groups in total. The minimum absolute atomic E-state index is 0.424. The van der Waals surface area contributed by atoms with Gasteiger partial charge in [-0.2, -0.15) is 13.2 Å². The third kappa shape index (κ3) is 1.96. The van der Waals surface area contributed by atoms with E-state index in [1.165, 1.54) is 6.42 Å². The minimum Gasteiger partial charge on any atom is -0.380 e. The van der Waals surface area contributed by atoms with Crippen LogP contribution in [0, 0.1) is 17.8 Å². The van der Waals surface area contributed by atoms with Gasteiger partial charge in [0, 0.05) is 0 Å². The zero-order chi connectivity index (χ0) is 12.0. The standard InChI is InChI=1S/C12H19F3O/c1-11(16,12(13,14)15)10-6-5-8-3-2-4-9(8)7-10/h8-10,16H,2-7H2,1H3. The highest BCUT2D eigenvalue weighted by Gasteiger charge is 2.56. The van der Waals surface area contributed by atoms with Crippen molar-refractivity contribution in [3.63, 3.8) is 0 Å². The molecule has 2 saturated carbocycles. The van der Waals surface area contributed by atoms with E-state index in [4.69, 9.17) is 0 Å². The Bertz CT molecular complexity index is 259. The minimum atomic E-state index is -4.50. The van der Waals surface area contributed by atoms with Crippen LogP contribution in [0.5, 0.6) is 0 Å². The van der Waals surface area contributed by atoms with E-state index < -0.39 is 17.7 Å². The fourth-order valence-electron chi connectivity index (χ4n) is 3.44. The highest BCUT2D eigenvalue weighted by Crippen LogP contribution is 2.50. The zero-order valence-corrected chi connectivity index (χ0v) is 9.56. The Morgan fingerprint density at radius 3 is 2.25 bits per heavy atom. The van der Waals surface area contributed by atoms with E-state index in [9.17, 15) is 18.3 Å². The van der Waals surface area contributed by atoms with Crippen molar-refractivity contribution in [1.29, 1.82) is 0 Å². The van der Waals surface area contributed by atoms with Gasteiger partial charge in [0.05, 0.1) is 0 Å². The number of hydrogen-bond donors (Lipinski definition) is 1. The number of fused-ring (bicyclic) bond motifs is 1. The summed E-state index contributed by atoms with van der Waals surface area (Å²) in [6, 6.07) is 0. The third-order valence-corrected chi connectivity index (χ3v) is 4.66. The second-order valence-corrected chi connectivity index (χ2v) is 5.61. The van der Waals surface area contributed by atoms with Crippen molar-refractivity contribution in [3.8, 4) is 0 Å². The number of alkyl halides is 3. The second kappa shape index (κ2) is 3.90. The van der Waals surface area contributed by atoms with Crippen molar-refractivity contribution in [1.82, 2.24) is 0 Å². The smallest absolute Gasteiger partial charge is 0.380 e. The molecule has 16 heavy (non-hydrogen) atoms. The highest BCUT2D eigenvalue weighted by molar-refractivity contribution is 4.95. The van der Waals surface area contributed by atoms with Gasteiger partial charge in [0.1, 0.15) is 0 Å². The van der Waals surface area contributed by atoms with Crippen molar-refractivity contribution in [2.24, 2.45) is 17.8 Å². The van der Waals surface area contributed by atoms with Crippen LogP contribution in [0.1, 0.15) is 45.4 Å². The van der Waals surface area contributed by atoms with Crippen LogP contribution in [0.25, 0.3) is 0 Å². The molecule has 2 aliphatic rings. The predicted molar refractivity (Wildman–Crippen MR) is 54.9 cm³/mol. The van der Waals surface area contributed by atoms with Gasteiger partial charge in [-0.1, -0.05) is 19.3 Å². The topological polar surface area (TPSA) is 20.2 Å². The maximum absolute atomic E-state index is 12.7. The van der Waals surface area contributed by atoms with Crippen LogP contribution in [-0.2, 0) is 0 Å². The summed E-state index contributed by atoms with van der Waals surface area (Å²) in [5.74, 6) is 0.444. The van der Waals surface area contributed by atoms with Crippen molar-refractivity contribution in [2.45, 2.75) is 57.2 Å². The highest BCUT2D eigenvalue weighted by atomic mass is 19.4. The van der Waals surface area contributed by atoms with Gasteiger partial charge < -0.3 is 5.11 Å². The Morgan fingerprint density at radius 1 is 1.00 bits per heavy atom. The summed E-state index contributed by atoms with van der Waals surface area (Å²) in [7, 11) is 0. The van der Waals surface area contributed by atoms with E-state index in [2.05, 4.69) is 0 Å². The molecule has 4 heteroatoms. The van der Waals surface area contributed by atoms with Crippen molar-refractivity contribution in [2.75, 3.05) is 0 Å². The fraction of sp³-hybridized carbons (Fsp3) is 1.00. The number of aliphatic hydroxyl groups is 1. The lowest BCUT2D eigenvalue weighted by Gasteiger charge is -2.41. The lowest BCUT2D eigenvalue weighted by atomic mass is 9.69. The van der Waals surface area contributed by atoms with Gasteiger partial charge in [0.25, 0.3) is 0 Å². The Morgan fingerprint density at radius 2 is 1.62 bits per heavy atom. The van der Waals surface area contributed by atoms with Gasteiger partial charge in [-0.3, -0.25) is 0 Å².